The zero-order chi connectivity index (χ0) is 12.0. The first-order chi connectivity index (χ1) is 8.09. The Labute approximate surface area is 105 Å². The molecule has 1 aliphatic heterocycles. The summed E-state index contributed by atoms with van der Waals surface area (Å²) in [6, 6.07) is 9.13. The Kier molecular flexibility index (Phi) is 2.38. The van der Waals surface area contributed by atoms with Gasteiger partial charge in [-0.05, 0) is 37.5 Å². The van der Waals surface area contributed by atoms with Crippen molar-refractivity contribution in [3.8, 4) is 0 Å². The molecular weight excluding hydrogens is 252 g/mol. The Hall–Kier alpha value is -1.13. The van der Waals surface area contributed by atoms with Crippen molar-refractivity contribution in [2.45, 2.75) is 29.6 Å². The van der Waals surface area contributed by atoms with Crippen molar-refractivity contribution in [1.82, 2.24) is 0 Å². The van der Waals surface area contributed by atoms with E-state index in [9.17, 15) is 8.42 Å². The fraction of sp³-hybridized carbons (Fsp3) is 0.231. The van der Waals surface area contributed by atoms with Crippen molar-refractivity contribution in [2.24, 2.45) is 0 Å². The fourth-order valence-electron chi connectivity index (χ4n) is 2.28. The predicted octanol–water partition coefficient (Wildman–Crippen LogP) is 2.99. The molecule has 3 rings (SSSR count). The second-order valence-corrected chi connectivity index (χ2v) is 7.48. The van der Waals surface area contributed by atoms with Gasteiger partial charge in [-0.3, -0.25) is 0 Å². The summed E-state index contributed by atoms with van der Waals surface area (Å²) in [5, 5.41) is 0. The second-order valence-electron chi connectivity index (χ2n) is 4.26. The lowest BCUT2D eigenvalue weighted by atomic mass is 10.1. The number of benzene rings is 1. The van der Waals surface area contributed by atoms with E-state index < -0.39 is 9.84 Å². The molecule has 2 aromatic rings. The lowest BCUT2D eigenvalue weighted by Crippen LogP contribution is -2.02. The average molecular weight is 264 g/mol. The maximum Gasteiger partial charge on any atom is 0.207 e. The standard InChI is InChI=1S/C13H12O2S2/c1-9-8-13-11(16-9)7-6-10-4-2-3-5-12(10)17(13,14)15/h2-5,8H,6-7H2,1H3. The Balaban J connectivity index is 2.34. The van der Waals surface area contributed by atoms with Gasteiger partial charge in [-0.25, -0.2) is 8.42 Å². The van der Waals surface area contributed by atoms with E-state index in [1.807, 2.05) is 19.1 Å². The minimum atomic E-state index is -3.31. The number of hydrogen-bond acceptors (Lipinski definition) is 3. The van der Waals surface area contributed by atoms with Crippen LogP contribution in [0, 0.1) is 6.92 Å². The van der Waals surface area contributed by atoms with Crippen LogP contribution in [0.5, 0.6) is 0 Å². The summed E-state index contributed by atoms with van der Waals surface area (Å²) in [6.07, 6.45) is 1.63. The fourth-order valence-corrected chi connectivity index (χ4v) is 5.48. The monoisotopic (exact) mass is 264 g/mol. The summed E-state index contributed by atoms with van der Waals surface area (Å²) in [6.45, 7) is 1.96. The molecular formula is C13H12O2S2. The molecule has 1 aliphatic rings. The highest BCUT2D eigenvalue weighted by Gasteiger charge is 2.28. The van der Waals surface area contributed by atoms with Crippen LogP contribution < -0.4 is 0 Å². The molecule has 0 fully saturated rings. The zero-order valence-corrected chi connectivity index (χ0v) is 11.1. The molecule has 0 radical (unpaired) electrons. The molecule has 0 aliphatic carbocycles. The highest BCUT2D eigenvalue weighted by molar-refractivity contribution is 7.91. The molecule has 0 unspecified atom stereocenters. The molecule has 1 aromatic heterocycles. The molecule has 0 N–H and O–H groups in total. The van der Waals surface area contributed by atoms with Crippen LogP contribution in [0.25, 0.3) is 0 Å². The summed E-state index contributed by atoms with van der Waals surface area (Å²) >= 11 is 1.60. The SMILES string of the molecule is Cc1cc2c(s1)CCc1ccccc1S2(=O)=O. The van der Waals surface area contributed by atoms with Gasteiger partial charge in [-0.15, -0.1) is 11.3 Å². The van der Waals surface area contributed by atoms with E-state index in [2.05, 4.69) is 0 Å². The minimum absolute atomic E-state index is 0.483. The van der Waals surface area contributed by atoms with Gasteiger partial charge in [0, 0.05) is 9.75 Å². The van der Waals surface area contributed by atoms with Gasteiger partial charge in [0.15, 0.2) is 0 Å². The molecule has 1 aromatic carbocycles. The maximum absolute atomic E-state index is 12.5. The Morgan fingerprint density at radius 3 is 2.71 bits per heavy atom. The third-order valence-corrected chi connectivity index (χ3v) is 6.23. The number of rotatable bonds is 0. The first-order valence-corrected chi connectivity index (χ1v) is 7.81. The van der Waals surface area contributed by atoms with Gasteiger partial charge >= 0.3 is 0 Å². The highest BCUT2D eigenvalue weighted by atomic mass is 32.2. The van der Waals surface area contributed by atoms with Crippen LogP contribution in [0.3, 0.4) is 0 Å². The summed E-state index contributed by atoms with van der Waals surface area (Å²) in [5.41, 5.74) is 0.938. The van der Waals surface area contributed by atoms with Crippen molar-refractivity contribution in [1.29, 1.82) is 0 Å². The van der Waals surface area contributed by atoms with Crippen LogP contribution in [-0.4, -0.2) is 8.42 Å². The van der Waals surface area contributed by atoms with Gasteiger partial charge in [-0.1, -0.05) is 18.2 Å². The molecule has 88 valence electrons. The highest BCUT2D eigenvalue weighted by Crippen LogP contribution is 2.36. The van der Waals surface area contributed by atoms with Crippen LogP contribution in [-0.2, 0) is 22.7 Å². The maximum atomic E-state index is 12.5. The van der Waals surface area contributed by atoms with Crippen LogP contribution in [0.2, 0.25) is 0 Å². The number of thiophene rings is 1. The molecule has 2 nitrogen and oxygen atoms in total. The molecule has 0 amide bonds. The largest absolute Gasteiger partial charge is 0.218 e. The lowest BCUT2D eigenvalue weighted by Gasteiger charge is -2.05. The van der Waals surface area contributed by atoms with Gasteiger partial charge in [0.05, 0.1) is 9.79 Å². The van der Waals surface area contributed by atoms with E-state index in [-0.39, 0.29) is 0 Å². The van der Waals surface area contributed by atoms with E-state index in [4.69, 9.17) is 0 Å². The van der Waals surface area contributed by atoms with Crippen molar-refractivity contribution in [3.63, 3.8) is 0 Å². The molecule has 0 saturated heterocycles. The van der Waals surface area contributed by atoms with Gasteiger partial charge in [0.25, 0.3) is 0 Å². The Bertz CT molecular complexity index is 681. The van der Waals surface area contributed by atoms with Crippen LogP contribution >= 0.6 is 11.3 Å². The number of sulfone groups is 1. The van der Waals surface area contributed by atoms with E-state index in [1.165, 1.54) is 0 Å². The topological polar surface area (TPSA) is 34.1 Å². The van der Waals surface area contributed by atoms with Crippen LogP contribution in [0.1, 0.15) is 15.3 Å². The normalized spacial score (nSPS) is 17.0. The second kappa shape index (κ2) is 3.68. The number of aryl methyl sites for hydroxylation is 3. The molecule has 0 spiro atoms. The van der Waals surface area contributed by atoms with Crippen molar-refractivity contribution in [2.75, 3.05) is 0 Å². The van der Waals surface area contributed by atoms with E-state index in [0.717, 1.165) is 28.2 Å². The summed E-state index contributed by atoms with van der Waals surface area (Å²) in [5.74, 6) is 0. The van der Waals surface area contributed by atoms with Gasteiger partial charge < -0.3 is 0 Å². The Morgan fingerprint density at radius 2 is 1.88 bits per heavy atom. The molecule has 2 heterocycles. The van der Waals surface area contributed by atoms with E-state index in [0.29, 0.717) is 9.79 Å². The van der Waals surface area contributed by atoms with Crippen molar-refractivity contribution < 1.29 is 8.42 Å². The van der Waals surface area contributed by atoms with Crippen LogP contribution in [0.15, 0.2) is 40.1 Å². The first-order valence-electron chi connectivity index (χ1n) is 5.51. The first kappa shape index (κ1) is 11.0. The molecule has 0 atom stereocenters. The number of hydrogen-bond donors (Lipinski definition) is 0. The molecule has 0 saturated carbocycles. The summed E-state index contributed by atoms with van der Waals surface area (Å²) in [7, 11) is -3.31. The number of fused-ring (bicyclic) bond motifs is 2. The molecule has 0 bridgehead atoms. The van der Waals surface area contributed by atoms with E-state index >= 15 is 0 Å². The third-order valence-electron chi connectivity index (χ3n) is 3.07. The van der Waals surface area contributed by atoms with Crippen molar-refractivity contribution in [3.05, 3.63) is 45.6 Å². The average Bonchev–Trinajstić information content (AvgIpc) is 2.65. The third kappa shape index (κ3) is 1.63. The lowest BCUT2D eigenvalue weighted by molar-refractivity contribution is 0.596. The van der Waals surface area contributed by atoms with E-state index in [1.54, 1.807) is 29.5 Å². The van der Waals surface area contributed by atoms with Crippen LogP contribution in [0.4, 0.5) is 0 Å². The molecule has 17 heavy (non-hydrogen) atoms. The van der Waals surface area contributed by atoms with Gasteiger partial charge in [0.2, 0.25) is 9.84 Å². The van der Waals surface area contributed by atoms with Gasteiger partial charge in [-0.2, -0.15) is 0 Å². The zero-order valence-electron chi connectivity index (χ0n) is 9.43. The summed E-state index contributed by atoms with van der Waals surface area (Å²) < 4.78 is 25.1. The summed E-state index contributed by atoms with van der Waals surface area (Å²) in [4.78, 5) is 3.07. The van der Waals surface area contributed by atoms with Crippen molar-refractivity contribution >= 4 is 21.2 Å². The molecule has 4 heteroatoms. The quantitative estimate of drug-likeness (QED) is 0.733. The van der Waals surface area contributed by atoms with Gasteiger partial charge in [0.1, 0.15) is 0 Å². The minimum Gasteiger partial charge on any atom is -0.218 e. The predicted molar refractivity (Wildman–Crippen MR) is 68.4 cm³/mol. The smallest absolute Gasteiger partial charge is 0.207 e. The Morgan fingerprint density at radius 1 is 1.12 bits per heavy atom.